The van der Waals surface area contributed by atoms with Crippen LogP contribution in [0.25, 0.3) is 0 Å². The molecule has 1 saturated heterocycles. The highest BCUT2D eigenvalue weighted by Gasteiger charge is 2.37. The molecule has 0 unspecified atom stereocenters. The van der Waals surface area contributed by atoms with Gasteiger partial charge < -0.3 is 14.8 Å². The van der Waals surface area contributed by atoms with Gasteiger partial charge in [0.1, 0.15) is 12.7 Å². The quantitative estimate of drug-likeness (QED) is 0.910. The third-order valence-electron chi connectivity index (χ3n) is 4.58. The van der Waals surface area contributed by atoms with Crippen molar-refractivity contribution in [3.05, 3.63) is 12.7 Å². The number of hydrogen-bond donors (Lipinski definition) is 1. The van der Waals surface area contributed by atoms with Gasteiger partial charge in [0, 0.05) is 25.2 Å². The lowest BCUT2D eigenvalue weighted by molar-refractivity contribution is 0.137. The van der Waals surface area contributed by atoms with E-state index in [-0.39, 0.29) is 12.1 Å². The van der Waals surface area contributed by atoms with Crippen molar-refractivity contribution >= 4 is 6.03 Å². The van der Waals surface area contributed by atoms with E-state index in [1.807, 2.05) is 11.5 Å². The molecule has 0 aromatic carbocycles. The minimum absolute atomic E-state index is 0.0844. The first-order chi connectivity index (χ1) is 9.74. The lowest BCUT2D eigenvalue weighted by Gasteiger charge is -2.37. The molecule has 0 spiro atoms. The summed E-state index contributed by atoms with van der Waals surface area (Å²) in [4.78, 5) is 14.5. The van der Waals surface area contributed by atoms with Crippen LogP contribution in [0.5, 0.6) is 0 Å². The second-order valence-corrected chi connectivity index (χ2v) is 6.10. The van der Waals surface area contributed by atoms with E-state index in [2.05, 4.69) is 20.4 Å². The van der Waals surface area contributed by atoms with Crippen LogP contribution in [0.3, 0.4) is 0 Å². The van der Waals surface area contributed by atoms with Crippen LogP contribution < -0.4 is 5.32 Å². The molecule has 2 aliphatic rings. The maximum Gasteiger partial charge on any atom is 0.317 e. The van der Waals surface area contributed by atoms with Gasteiger partial charge in [-0.05, 0) is 38.5 Å². The van der Waals surface area contributed by atoms with Crippen molar-refractivity contribution < 1.29 is 4.79 Å². The summed E-state index contributed by atoms with van der Waals surface area (Å²) >= 11 is 0. The monoisotopic (exact) mass is 277 g/mol. The standard InChI is InChI=1S/C14H23N5O/c1-11(8-18-9-15-16-10-18)17-14(20)19-7-3-6-13(19)12-4-2-5-12/h9-13H,2-8H2,1H3,(H,17,20)/t11-,13+/m1/s1. The highest BCUT2D eigenvalue weighted by atomic mass is 16.2. The molecule has 110 valence electrons. The zero-order valence-corrected chi connectivity index (χ0v) is 12.0. The zero-order chi connectivity index (χ0) is 13.9. The summed E-state index contributed by atoms with van der Waals surface area (Å²) in [5.41, 5.74) is 0. The molecule has 6 nitrogen and oxygen atoms in total. The molecule has 1 N–H and O–H groups in total. The van der Waals surface area contributed by atoms with Crippen LogP contribution in [0.2, 0.25) is 0 Å². The summed E-state index contributed by atoms with van der Waals surface area (Å²) in [7, 11) is 0. The number of rotatable bonds is 4. The molecule has 0 radical (unpaired) electrons. The average Bonchev–Trinajstić information content (AvgIpc) is 2.97. The summed E-state index contributed by atoms with van der Waals surface area (Å²) in [5.74, 6) is 0.747. The topological polar surface area (TPSA) is 63.1 Å². The van der Waals surface area contributed by atoms with E-state index in [4.69, 9.17) is 0 Å². The summed E-state index contributed by atoms with van der Waals surface area (Å²) in [5, 5.41) is 10.7. The van der Waals surface area contributed by atoms with E-state index in [1.54, 1.807) is 12.7 Å². The van der Waals surface area contributed by atoms with Gasteiger partial charge in [0.2, 0.25) is 0 Å². The van der Waals surface area contributed by atoms with Gasteiger partial charge in [-0.25, -0.2) is 4.79 Å². The van der Waals surface area contributed by atoms with Gasteiger partial charge in [0.05, 0.1) is 0 Å². The Bertz CT molecular complexity index is 442. The van der Waals surface area contributed by atoms with Gasteiger partial charge in [0.15, 0.2) is 0 Å². The van der Waals surface area contributed by atoms with Gasteiger partial charge in [0.25, 0.3) is 0 Å². The Balaban J connectivity index is 1.52. The number of aromatic nitrogens is 3. The summed E-state index contributed by atoms with van der Waals surface area (Å²) in [6.07, 6.45) is 9.60. The summed E-state index contributed by atoms with van der Waals surface area (Å²) < 4.78 is 1.89. The molecule has 6 heteroatoms. The van der Waals surface area contributed by atoms with E-state index in [9.17, 15) is 4.79 Å². The summed E-state index contributed by atoms with van der Waals surface area (Å²) in [6, 6.07) is 0.659. The fraction of sp³-hybridized carbons (Fsp3) is 0.786. The van der Waals surface area contributed by atoms with Crippen molar-refractivity contribution in [2.75, 3.05) is 6.54 Å². The lowest BCUT2D eigenvalue weighted by Crippen LogP contribution is -2.49. The molecule has 2 fully saturated rings. The molecule has 2 amide bonds. The molecular weight excluding hydrogens is 254 g/mol. The number of amides is 2. The molecule has 1 saturated carbocycles. The largest absolute Gasteiger partial charge is 0.334 e. The molecular formula is C14H23N5O. The molecule has 1 aromatic rings. The van der Waals surface area contributed by atoms with E-state index in [0.717, 1.165) is 18.9 Å². The number of likely N-dealkylation sites (tertiary alicyclic amines) is 1. The predicted molar refractivity (Wildman–Crippen MR) is 75.1 cm³/mol. The second-order valence-electron chi connectivity index (χ2n) is 6.10. The Morgan fingerprint density at radius 2 is 2.05 bits per heavy atom. The molecule has 1 aromatic heterocycles. The van der Waals surface area contributed by atoms with Gasteiger partial charge in [-0.3, -0.25) is 0 Å². The molecule has 2 atom stereocenters. The Hall–Kier alpha value is -1.59. The van der Waals surface area contributed by atoms with E-state index in [1.165, 1.54) is 25.7 Å². The van der Waals surface area contributed by atoms with Crippen LogP contribution in [-0.4, -0.2) is 44.3 Å². The van der Waals surface area contributed by atoms with Crippen molar-refractivity contribution in [1.29, 1.82) is 0 Å². The van der Waals surface area contributed by atoms with Gasteiger partial charge in [-0.2, -0.15) is 0 Å². The molecule has 20 heavy (non-hydrogen) atoms. The first-order valence-electron chi connectivity index (χ1n) is 7.63. The van der Waals surface area contributed by atoms with Crippen LogP contribution in [0.4, 0.5) is 4.79 Å². The van der Waals surface area contributed by atoms with Gasteiger partial charge in [-0.1, -0.05) is 6.42 Å². The van der Waals surface area contributed by atoms with Crippen LogP contribution in [0.1, 0.15) is 39.0 Å². The number of carbonyl (C=O) groups is 1. The van der Waals surface area contributed by atoms with E-state index < -0.39 is 0 Å². The van der Waals surface area contributed by atoms with Crippen molar-refractivity contribution in [2.24, 2.45) is 5.92 Å². The number of nitrogens with zero attached hydrogens (tertiary/aromatic N) is 4. The highest BCUT2D eigenvalue weighted by Crippen LogP contribution is 2.37. The van der Waals surface area contributed by atoms with Crippen LogP contribution in [0.15, 0.2) is 12.7 Å². The Kier molecular flexibility index (Phi) is 3.89. The first-order valence-corrected chi connectivity index (χ1v) is 7.63. The number of hydrogen-bond acceptors (Lipinski definition) is 3. The van der Waals surface area contributed by atoms with Gasteiger partial charge in [-0.15, -0.1) is 10.2 Å². The third kappa shape index (κ3) is 2.78. The fourth-order valence-corrected chi connectivity index (χ4v) is 3.33. The first kappa shape index (κ1) is 13.4. The minimum Gasteiger partial charge on any atom is -0.334 e. The van der Waals surface area contributed by atoms with Crippen molar-refractivity contribution in [2.45, 2.75) is 57.7 Å². The highest BCUT2D eigenvalue weighted by molar-refractivity contribution is 5.75. The zero-order valence-electron chi connectivity index (χ0n) is 12.0. The Morgan fingerprint density at radius 3 is 2.70 bits per heavy atom. The van der Waals surface area contributed by atoms with Crippen LogP contribution in [0, 0.1) is 5.92 Å². The van der Waals surface area contributed by atoms with Crippen LogP contribution >= 0.6 is 0 Å². The van der Waals surface area contributed by atoms with Crippen molar-refractivity contribution in [1.82, 2.24) is 25.0 Å². The van der Waals surface area contributed by atoms with Crippen molar-refractivity contribution in [3.63, 3.8) is 0 Å². The maximum atomic E-state index is 12.4. The lowest BCUT2D eigenvalue weighted by atomic mass is 9.79. The third-order valence-corrected chi connectivity index (χ3v) is 4.58. The van der Waals surface area contributed by atoms with E-state index in [0.29, 0.717) is 12.6 Å². The predicted octanol–water partition coefficient (Wildman–Crippen LogP) is 1.64. The molecule has 1 aliphatic carbocycles. The Labute approximate surface area is 119 Å². The van der Waals surface area contributed by atoms with Crippen molar-refractivity contribution in [3.8, 4) is 0 Å². The number of nitrogens with one attached hydrogen (secondary N) is 1. The fourth-order valence-electron chi connectivity index (χ4n) is 3.33. The molecule has 2 heterocycles. The normalized spacial score (nSPS) is 24.4. The summed E-state index contributed by atoms with van der Waals surface area (Å²) in [6.45, 7) is 3.64. The molecule has 3 rings (SSSR count). The number of carbonyl (C=O) groups excluding carboxylic acids is 1. The molecule has 1 aliphatic heterocycles. The average molecular weight is 277 g/mol. The second kappa shape index (κ2) is 5.81. The van der Waals surface area contributed by atoms with Gasteiger partial charge >= 0.3 is 6.03 Å². The Morgan fingerprint density at radius 1 is 1.30 bits per heavy atom. The maximum absolute atomic E-state index is 12.4. The molecule has 0 bridgehead atoms. The smallest absolute Gasteiger partial charge is 0.317 e. The van der Waals surface area contributed by atoms with Crippen LogP contribution in [-0.2, 0) is 6.54 Å². The number of urea groups is 1. The van der Waals surface area contributed by atoms with E-state index >= 15 is 0 Å². The minimum atomic E-state index is 0.0844. The SMILES string of the molecule is C[C@H](Cn1cnnc1)NC(=O)N1CCC[C@H]1C1CCC1.